The van der Waals surface area contributed by atoms with Crippen molar-refractivity contribution in [2.45, 2.75) is 44.9 Å². The Hall–Kier alpha value is -1.36. The first-order valence-electron chi connectivity index (χ1n) is 8.79. The smallest absolute Gasteiger partial charge is 0.222 e. The van der Waals surface area contributed by atoms with E-state index in [9.17, 15) is 4.79 Å². The van der Waals surface area contributed by atoms with Gasteiger partial charge in [0.05, 0.1) is 6.20 Å². The fraction of sp³-hybridized carbons (Fsp3) is 0.765. The number of nitrogens with one attached hydrogen (secondary N) is 2. The molecule has 0 spiro atoms. The number of rotatable bonds is 5. The van der Waals surface area contributed by atoms with Gasteiger partial charge in [-0.3, -0.25) is 9.89 Å². The number of H-pyrrole nitrogens is 1. The van der Waals surface area contributed by atoms with Crippen molar-refractivity contribution in [1.82, 2.24) is 20.4 Å². The van der Waals surface area contributed by atoms with Crippen LogP contribution in [0.3, 0.4) is 0 Å². The zero-order chi connectivity index (χ0) is 15.2. The lowest BCUT2D eigenvalue weighted by molar-refractivity contribution is -0.133. The number of nitrogens with zero attached hydrogens (tertiary/aromatic N) is 2. The molecular weight excluding hydrogens is 276 g/mol. The van der Waals surface area contributed by atoms with Crippen LogP contribution in [0.2, 0.25) is 0 Å². The molecule has 2 N–H and O–H groups in total. The lowest BCUT2D eigenvalue weighted by Gasteiger charge is -2.37. The monoisotopic (exact) mass is 304 g/mol. The maximum Gasteiger partial charge on any atom is 0.222 e. The fourth-order valence-electron chi connectivity index (χ4n) is 3.95. The third-order valence-electron chi connectivity index (χ3n) is 5.35. The molecule has 22 heavy (non-hydrogen) atoms. The molecule has 3 rings (SSSR count). The Labute approximate surface area is 132 Å². The van der Waals surface area contributed by atoms with Crippen molar-refractivity contribution in [3.8, 4) is 0 Å². The van der Waals surface area contributed by atoms with Gasteiger partial charge in [-0.15, -0.1) is 0 Å². The Morgan fingerprint density at radius 3 is 2.59 bits per heavy atom. The van der Waals surface area contributed by atoms with E-state index in [0.717, 1.165) is 37.8 Å². The maximum absolute atomic E-state index is 12.3. The van der Waals surface area contributed by atoms with E-state index in [4.69, 9.17) is 0 Å². The Morgan fingerprint density at radius 2 is 1.91 bits per heavy atom. The van der Waals surface area contributed by atoms with Crippen LogP contribution in [0.1, 0.15) is 44.1 Å². The second kappa shape index (κ2) is 7.77. The third-order valence-corrected chi connectivity index (χ3v) is 5.35. The van der Waals surface area contributed by atoms with Gasteiger partial charge in [0, 0.05) is 25.7 Å². The Morgan fingerprint density at radius 1 is 1.18 bits per heavy atom. The molecule has 2 aliphatic rings. The van der Waals surface area contributed by atoms with E-state index < -0.39 is 0 Å². The van der Waals surface area contributed by atoms with Crippen LogP contribution in [-0.2, 0) is 11.2 Å². The van der Waals surface area contributed by atoms with Gasteiger partial charge >= 0.3 is 0 Å². The largest absolute Gasteiger partial charge is 0.343 e. The molecule has 2 aliphatic heterocycles. The number of carbonyl (C=O) groups is 1. The average molecular weight is 304 g/mol. The van der Waals surface area contributed by atoms with Crippen molar-refractivity contribution in [2.75, 3.05) is 26.2 Å². The molecule has 5 heteroatoms. The molecule has 1 amide bonds. The summed E-state index contributed by atoms with van der Waals surface area (Å²) >= 11 is 0. The fourth-order valence-corrected chi connectivity index (χ4v) is 3.95. The molecule has 1 aromatic rings. The molecule has 0 aromatic carbocycles. The number of aryl methyl sites for hydroxylation is 1. The van der Waals surface area contributed by atoms with Gasteiger partial charge < -0.3 is 10.2 Å². The van der Waals surface area contributed by atoms with Crippen molar-refractivity contribution in [2.24, 2.45) is 11.8 Å². The highest BCUT2D eigenvalue weighted by atomic mass is 16.2. The summed E-state index contributed by atoms with van der Waals surface area (Å²) in [5.41, 5.74) is 1.19. The number of amides is 1. The highest BCUT2D eigenvalue weighted by Crippen LogP contribution is 2.30. The molecule has 0 saturated carbocycles. The van der Waals surface area contributed by atoms with Crippen LogP contribution in [0.15, 0.2) is 12.4 Å². The molecule has 122 valence electrons. The molecule has 3 heterocycles. The molecule has 0 radical (unpaired) electrons. The topological polar surface area (TPSA) is 61.0 Å². The van der Waals surface area contributed by atoms with E-state index in [2.05, 4.69) is 20.4 Å². The number of aromatic amines is 1. The molecule has 0 bridgehead atoms. The van der Waals surface area contributed by atoms with Gasteiger partial charge in [0.2, 0.25) is 5.91 Å². The molecule has 2 saturated heterocycles. The van der Waals surface area contributed by atoms with E-state index in [-0.39, 0.29) is 0 Å². The van der Waals surface area contributed by atoms with Crippen molar-refractivity contribution in [3.05, 3.63) is 18.0 Å². The second-order valence-corrected chi connectivity index (χ2v) is 6.77. The zero-order valence-electron chi connectivity index (χ0n) is 13.4. The summed E-state index contributed by atoms with van der Waals surface area (Å²) in [6, 6.07) is 0. The highest BCUT2D eigenvalue weighted by molar-refractivity contribution is 5.76. The number of hydrogen-bond acceptors (Lipinski definition) is 3. The SMILES string of the molecule is O=C(CCCc1cn[nH]c1)N1CCC(C2CCNCC2)CC1. The van der Waals surface area contributed by atoms with Crippen LogP contribution in [-0.4, -0.2) is 47.2 Å². The van der Waals surface area contributed by atoms with Crippen LogP contribution in [0.4, 0.5) is 0 Å². The normalized spacial score (nSPS) is 21.2. The van der Waals surface area contributed by atoms with E-state index in [1.165, 1.54) is 44.3 Å². The molecule has 5 nitrogen and oxygen atoms in total. The minimum absolute atomic E-state index is 0.340. The van der Waals surface area contributed by atoms with Crippen molar-refractivity contribution < 1.29 is 4.79 Å². The number of likely N-dealkylation sites (tertiary alicyclic amines) is 1. The summed E-state index contributed by atoms with van der Waals surface area (Å²) < 4.78 is 0. The molecule has 0 unspecified atom stereocenters. The number of piperidine rings is 2. The van der Waals surface area contributed by atoms with Crippen LogP contribution in [0, 0.1) is 11.8 Å². The van der Waals surface area contributed by atoms with Crippen LogP contribution < -0.4 is 5.32 Å². The standard InChI is InChI=1S/C17H28N4O/c22-17(3-1-2-14-12-19-20-13-14)21-10-6-16(7-11-21)15-4-8-18-9-5-15/h12-13,15-16,18H,1-11H2,(H,19,20). The molecule has 2 fully saturated rings. The number of carbonyl (C=O) groups excluding carboxylic acids is 1. The summed E-state index contributed by atoms with van der Waals surface area (Å²) in [6.45, 7) is 4.30. The van der Waals surface area contributed by atoms with Crippen LogP contribution in [0.5, 0.6) is 0 Å². The lowest BCUT2D eigenvalue weighted by Crippen LogP contribution is -2.41. The van der Waals surface area contributed by atoms with E-state index >= 15 is 0 Å². The summed E-state index contributed by atoms with van der Waals surface area (Å²) in [4.78, 5) is 14.4. The Kier molecular flexibility index (Phi) is 5.48. The van der Waals surface area contributed by atoms with Gasteiger partial charge in [-0.2, -0.15) is 5.10 Å². The summed E-state index contributed by atoms with van der Waals surface area (Å²) in [7, 11) is 0. The van der Waals surface area contributed by atoms with Crippen molar-refractivity contribution >= 4 is 5.91 Å². The maximum atomic E-state index is 12.3. The van der Waals surface area contributed by atoms with Gasteiger partial charge in [0.15, 0.2) is 0 Å². The summed E-state index contributed by atoms with van der Waals surface area (Å²) in [5.74, 6) is 2.07. The molecule has 1 aromatic heterocycles. The van der Waals surface area contributed by atoms with Gasteiger partial charge in [0.1, 0.15) is 0 Å². The van der Waals surface area contributed by atoms with E-state index in [1.807, 2.05) is 12.4 Å². The molecular formula is C17H28N4O. The third kappa shape index (κ3) is 4.09. The highest BCUT2D eigenvalue weighted by Gasteiger charge is 2.28. The number of hydrogen-bond donors (Lipinski definition) is 2. The molecule has 0 atom stereocenters. The van der Waals surface area contributed by atoms with E-state index in [0.29, 0.717) is 12.3 Å². The summed E-state index contributed by atoms with van der Waals surface area (Å²) in [5, 5.41) is 10.2. The van der Waals surface area contributed by atoms with Gasteiger partial charge in [-0.05, 0) is 69.0 Å². The first-order chi connectivity index (χ1) is 10.8. The average Bonchev–Trinajstić information content (AvgIpc) is 3.09. The lowest BCUT2D eigenvalue weighted by atomic mass is 9.79. The minimum Gasteiger partial charge on any atom is -0.343 e. The Balaban J connectivity index is 1.36. The van der Waals surface area contributed by atoms with Crippen LogP contribution in [0.25, 0.3) is 0 Å². The second-order valence-electron chi connectivity index (χ2n) is 6.77. The van der Waals surface area contributed by atoms with Crippen LogP contribution >= 0.6 is 0 Å². The first kappa shape index (κ1) is 15.5. The van der Waals surface area contributed by atoms with Gasteiger partial charge in [0.25, 0.3) is 0 Å². The predicted molar refractivity (Wildman–Crippen MR) is 86.4 cm³/mol. The molecule has 0 aliphatic carbocycles. The quantitative estimate of drug-likeness (QED) is 0.874. The first-order valence-corrected chi connectivity index (χ1v) is 8.79. The predicted octanol–water partition coefficient (Wildman–Crippen LogP) is 1.97. The Bertz CT molecular complexity index is 445. The van der Waals surface area contributed by atoms with Gasteiger partial charge in [-0.1, -0.05) is 0 Å². The van der Waals surface area contributed by atoms with Gasteiger partial charge in [-0.25, -0.2) is 0 Å². The minimum atomic E-state index is 0.340. The summed E-state index contributed by atoms with van der Waals surface area (Å²) in [6.07, 6.45) is 11.3. The van der Waals surface area contributed by atoms with E-state index in [1.54, 1.807) is 0 Å². The number of aromatic nitrogens is 2. The van der Waals surface area contributed by atoms with Crippen molar-refractivity contribution in [3.63, 3.8) is 0 Å². The van der Waals surface area contributed by atoms with Crippen molar-refractivity contribution in [1.29, 1.82) is 0 Å². The zero-order valence-corrected chi connectivity index (χ0v) is 13.4.